The molecule has 0 bridgehead atoms. The third-order valence-electron chi connectivity index (χ3n) is 2.67. The molecule has 1 atom stereocenters. The van der Waals surface area contributed by atoms with E-state index in [1.165, 1.54) is 4.90 Å². The van der Waals surface area contributed by atoms with Gasteiger partial charge in [-0.2, -0.15) is 8.78 Å². The lowest BCUT2D eigenvalue weighted by Gasteiger charge is -2.36. The molecule has 1 aliphatic rings. The summed E-state index contributed by atoms with van der Waals surface area (Å²) in [7, 11) is 0. The van der Waals surface area contributed by atoms with Crippen LogP contribution in [0.3, 0.4) is 0 Å². The Morgan fingerprint density at radius 2 is 2.06 bits per heavy atom. The Morgan fingerprint density at radius 3 is 2.61 bits per heavy atom. The van der Waals surface area contributed by atoms with Crippen molar-refractivity contribution in [3.63, 3.8) is 0 Å². The van der Waals surface area contributed by atoms with Gasteiger partial charge in [0, 0.05) is 6.54 Å². The van der Waals surface area contributed by atoms with E-state index in [2.05, 4.69) is 4.74 Å². The number of rotatable bonds is 3. The van der Waals surface area contributed by atoms with Crippen LogP contribution in [0.5, 0.6) is 0 Å². The number of carbonyl (C=O) groups excluding carboxylic acids is 1. The van der Waals surface area contributed by atoms with Crippen LogP contribution in [-0.2, 0) is 9.47 Å². The van der Waals surface area contributed by atoms with E-state index in [0.717, 1.165) is 12.8 Å². The summed E-state index contributed by atoms with van der Waals surface area (Å²) in [5.41, 5.74) is -0.581. The van der Waals surface area contributed by atoms with Crippen molar-refractivity contribution < 1.29 is 23.0 Å². The molecule has 0 aromatic carbocycles. The van der Waals surface area contributed by atoms with E-state index in [1.807, 2.05) is 0 Å². The van der Waals surface area contributed by atoms with Crippen LogP contribution >= 0.6 is 0 Å². The van der Waals surface area contributed by atoms with E-state index in [-0.39, 0.29) is 12.6 Å². The van der Waals surface area contributed by atoms with E-state index in [9.17, 15) is 13.6 Å². The number of halogens is 2. The minimum absolute atomic E-state index is 0.142. The molecule has 1 aliphatic heterocycles. The molecule has 0 aromatic heterocycles. The molecule has 4 nitrogen and oxygen atoms in total. The summed E-state index contributed by atoms with van der Waals surface area (Å²) < 4.78 is 33.6. The minimum Gasteiger partial charge on any atom is -0.444 e. The van der Waals surface area contributed by atoms with Gasteiger partial charge in [0.05, 0.1) is 12.6 Å². The Bertz CT molecular complexity index is 279. The molecule has 1 amide bonds. The van der Waals surface area contributed by atoms with Gasteiger partial charge in [-0.05, 0) is 40.0 Å². The zero-order valence-corrected chi connectivity index (χ0v) is 11.1. The third kappa shape index (κ3) is 5.16. The Morgan fingerprint density at radius 1 is 1.39 bits per heavy atom. The third-order valence-corrected chi connectivity index (χ3v) is 2.67. The Kier molecular flexibility index (Phi) is 5.31. The van der Waals surface area contributed by atoms with Crippen LogP contribution in [0, 0.1) is 0 Å². The maximum atomic E-state index is 12.0. The van der Waals surface area contributed by atoms with Gasteiger partial charge in [0.25, 0.3) is 0 Å². The van der Waals surface area contributed by atoms with Crippen LogP contribution in [-0.4, -0.2) is 42.4 Å². The molecule has 0 unspecified atom stereocenters. The quantitative estimate of drug-likeness (QED) is 0.787. The molecular weight excluding hydrogens is 244 g/mol. The van der Waals surface area contributed by atoms with Crippen molar-refractivity contribution >= 4 is 6.09 Å². The first kappa shape index (κ1) is 15.1. The molecule has 1 saturated heterocycles. The molecule has 0 spiro atoms. The molecule has 0 saturated carbocycles. The molecule has 6 heteroatoms. The summed E-state index contributed by atoms with van der Waals surface area (Å²) in [5, 5.41) is 0. The van der Waals surface area contributed by atoms with Gasteiger partial charge in [0.1, 0.15) is 5.60 Å². The van der Waals surface area contributed by atoms with Crippen LogP contribution in [0.1, 0.15) is 40.0 Å². The number of ether oxygens (including phenoxy) is 2. The highest BCUT2D eigenvalue weighted by atomic mass is 19.3. The van der Waals surface area contributed by atoms with E-state index >= 15 is 0 Å². The van der Waals surface area contributed by atoms with Crippen molar-refractivity contribution in [3.05, 3.63) is 0 Å². The Hall–Kier alpha value is -0.910. The predicted octanol–water partition coefficient (Wildman–Crippen LogP) is 3.02. The molecule has 0 radical (unpaired) electrons. The van der Waals surface area contributed by atoms with E-state index in [0.29, 0.717) is 13.0 Å². The van der Waals surface area contributed by atoms with Crippen LogP contribution in [0.2, 0.25) is 0 Å². The zero-order valence-electron chi connectivity index (χ0n) is 11.1. The smallest absolute Gasteiger partial charge is 0.410 e. The van der Waals surface area contributed by atoms with Gasteiger partial charge < -0.3 is 14.4 Å². The maximum Gasteiger partial charge on any atom is 0.410 e. The van der Waals surface area contributed by atoms with Crippen molar-refractivity contribution in [2.45, 2.75) is 58.3 Å². The lowest BCUT2D eigenvalue weighted by Crippen LogP contribution is -2.48. The maximum absolute atomic E-state index is 12.0. The van der Waals surface area contributed by atoms with Crippen molar-refractivity contribution in [1.29, 1.82) is 0 Å². The largest absolute Gasteiger partial charge is 0.444 e. The summed E-state index contributed by atoms with van der Waals surface area (Å²) in [6.45, 7) is 2.93. The van der Waals surface area contributed by atoms with Crippen LogP contribution in [0.4, 0.5) is 13.6 Å². The number of carbonyl (C=O) groups is 1. The normalized spacial score (nSPS) is 21.2. The van der Waals surface area contributed by atoms with Crippen LogP contribution in [0.25, 0.3) is 0 Å². The fourth-order valence-electron chi connectivity index (χ4n) is 1.92. The van der Waals surface area contributed by atoms with Crippen molar-refractivity contribution in [2.75, 3.05) is 13.2 Å². The molecule has 0 N–H and O–H groups in total. The Balaban J connectivity index is 2.55. The lowest BCUT2D eigenvalue weighted by molar-refractivity contribution is -0.143. The molecule has 0 aliphatic carbocycles. The summed E-state index contributed by atoms with van der Waals surface area (Å²) >= 11 is 0. The second-order valence-corrected chi connectivity index (χ2v) is 5.42. The topological polar surface area (TPSA) is 38.8 Å². The average Bonchev–Trinajstić information content (AvgIpc) is 2.24. The van der Waals surface area contributed by atoms with Crippen LogP contribution < -0.4 is 0 Å². The fourth-order valence-corrected chi connectivity index (χ4v) is 1.92. The number of nitrogens with zero attached hydrogens (tertiary/aromatic N) is 1. The monoisotopic (exact) mass is 265 g/mol. The van der Waals surface area contributed by atoms with Crippen molar-refractivity contribution in [2.24, 2.45) is 0 Å². The highest BCUT2D eigenvalue weighted by Crippen LogP contribution is 2.21. The number of likely N-dealkylation sites (tertiary alicyclic amines) is 1. The average molecular weight is 265 g/mol. The highest BCUT2D eigenvalue weighted by Gasteiger charge is 2.31. The zero-order chi connectivity index (χ0) is 13.8. The van der Waals surface area contributed by atoms with E-state index < -0.39 is 18.3 Å². The van der Waals surface area contributed by atoms with E-state index in [1.54, 1.807) is 20.8 Å². The number of piperidine rings is 1. The molecule has 18 heavy (non-hydrogen) atoms. The second-order valence-electron chi connectivity index (χ2n) is 5.42. The van der Waals surface area contributed by atoms with Crippen molar-refractivity contribution in [3.8, 4) is 0 Å². The first-order chi connectivity index (χ1) is 8.29. The second kappa shape index (κ2) is 6.31. The van der Waals surface area contributed by atoms with Crippen molar-refractivity contribution in [1.82, 2.24) is 4.90 Å². The predicted molar refractivity (Wildman–Crippen MR) is 62.5 cm³/mol. The summed E-state index contributed by atoms with van der Waals surface area (Å²) in [6.07, 6.45) is 2.00. The SMILES string of the molecule is CC(C)(C)OC(=O)N1CCCC[C@@H]1COC(F)F. The van der Waals surface area contributed by atoms with Gasteiger partial charge in [-0.1, -0.05) is 0 Å². The minimum atomic E-state index is -2.80. The number of alkyl halides is 2. The Labute approximate surface area is 106 Å². The number of hydrogen-bond donors (Lipinski definition) is 0. The molecule has 1 fully saturated rings. The van der Waals surface area contributed by atoms with Gasteiger partial charge in [0.15, 0.2) is 0 Å². The number of hydrogen-bond acceptors (Lipinski definition) is 3. The fraction of sp³-hybridized carbons (Fsp3) is 0.917. The summed E-state index contributed by atoms with van der Waals surface area (Å²) in [6, 6.07) is -0.317. The van der Waals surface area contributed by atoms with E-state index in [4.69, 9.17) is 4.74 Å². The number of amides is 1. The molecule has 0 aromatic rings. The van der Waals surface area contributed by atoms with Gasteiger partial charge in [-0.3, -0.25) is 0 Å². The van der Waals surface area contributed by atoms with Gasteiger partial charge in [0.2, 0.25) is 0 Å². The first-order valence-corrected chi connectivity index (χ1v) is 6.19. The summed E-state index contributed by atoms with van der Waals surface area (Å²) in [5.74, 6) is 0. The molecule has 106 valence electrons. The summed E-state index contributed by atoms with van der Waals surface area (Å²) in [4.78, 5) is 13.4. The lowest BCUT2D eigenvalue weighted by atomic mass is 10.0. The molecule has 1 heterocycles. The van der Waals surface area contributed by atoms with Gasteiger partial charge in [-0.15, -0.1) is 0 Å². The van der Waals surface area contributed by atoms with Gasteiger partial charge >= 0.3 is 12.7 Å². The molecular formula is C12H21F2NO3. The van der Waals surface area contributed by atoms with Gasteiger partial charge in [-0.25, -0.2) is 4.79 Å². The molecule has 1 rings (SSSR count). The highest BCUT2D eigenvalue weighted by molar-refractivity contribution is 5.68. The standard InChI is InChI=1S/C12H21F2NO3/c1-12(2,3)18-11(16)15-7-5-4-6-9(15)8-17-10(13)14/h9-10H,4-8H2,1-3H3/t9-/m1/s1. The first-order valence-electron chi connectivity index (χ1n) is 6.19. The van der Waals surface area contributed by atoms with Crippen LogP contribution in [0.15, 0.2) is 0 Å².